The summed E-state index contributed by atoms with van der Waals surface area (Å²) in [7, 11) is 1.65. The van der Waals surface area contributed by atoms with Crippen molar-refractivity contribution in [1.82, 2.24) is 19.7 Å². The maximum Gasteiger partial charge on any atom is 0.168 e. The minimum Gasteiger partial charge on any atom is -0.497 e. The summed E-state index contributed by atoms with van der Waals surface area (Å²) in [5.41, 5.74) is 3.96. The van der Waals surface area contributed by atoms with Crippen molar-refractivity contribution in [3.05, 3.63) is 109 Å². The molecule has 0 amide bonds. The number of aromatic nitrogens is 4. The van der Waals surface area contributed by atoms with Crippen molar-refractivity contribution in [2.24, 2.45) is 0 Å². The Balaban J connectivity index is 1.55. The van der Waals surface area contributed by atoms with Gasteiger partial charge in [-0.05, 0) is 35.4 Å². The molecule has 1 N–H and O–H groups in total. The van der Waals surface area contributed by atoms with E-state index in [-0.39, 0.29) is 6.04 Å². The lowest BCUT2D eigenvalue weighted by Gasteiger charge is -2.20. The van der Waals surface area contributed by atoms with E-state index in [0.29, 0.717) is 0 Å². The molecule has 0 aliphatic heterocycles. The van der Waals surface area contributed by atoms with Crippen LogP contribution in [0, 0.1) is 0 Å². The van der Waals surface area contributed by atoms with Gasteiger partial charge < -0.3 is 10.1 Å². The summed E-state index contributed by atoms with van der Waals surface area (Å²) in [6.07, 6.45) is 3.37. The van der Waals surface area contributed by atoms with Gasteiger partial charge >= 0.3 is 0 Å². The number of nitrogens with one attached hydrogen (secondary N) is 1. The van der Waals surface area contributed by atoms with Crippen molar-refractivity contribution in [3.63, 3.8) is 0 Å². The minimum absolute atomic E-state index is 0.0511. The summed E-state index contributed by atoms with van der Waals surface area (Å²) in [4.78, 5) is 9.03. The lowest BCUT2D eigenvalue weighted by atomic mass is 9.98. The molecule has 0 aliphatic carbocycles. The highest BCUT2D eigenvalue weighted by atomic mass is 16.5. The van der Waals surface area contributed by atoms with Crippen molar-refractivity contribution in [1.29, 1.82) is 0 Å². The van der Waals surface area contributed by atoms with Crippen LogP contribution in [0.3, 0.4) is 0 Å². The molecule has 0 unspecified atom stereocenters. The second-order valence-corrected chi connectivity index (χ2v) is 7.11. The van der Waals surface area contributed by atoms with E-state index in [1.807, 2.05) is 65.3 Å². The Morgan fingerprint density at radius 2 is 1.45 bits per heavy atom. The number of fused-ring (bicyclic) bond motifs is 1. The Labute approximate surface area is 180 Å². The molecule has 0 saturated heterocycles. The van der Waals surface area contributed by atoms with Crippen molar-refractivity contribution < 1.29 is 4.74 Å². The summed E-state index contributed by atoms with van der Waals surface area (Å²) in [6.45, 7) is 0. The molecule has 5 rings (SSSR count). The van der Waals surface area contributed by atoms with Gasteiger partial charge in [0.25, 0.3) is 0 Å². The first-order valence-electron chi connectivity index (χ1n) is 10.0. The topological polar surface area (TPSA) is 64.9 Å². The molecule has 0 spiro atoms. The van der Waals surface area contributed by atoms with Crippen LogP contribution < -0.4 is 10.1 Å². The Hall–Kier alpha value is -4.19. The van der Waals surface area contributed by atoms with E-state index in [9.17, 15) is 0 Å². The first kappa shape index (κ1) is 18.8. The van der Waals surface area contributed by atoms with Gasteiger partial charge in [0.05, 0.1) is 30.4 Å². The second-order valence-electron chi connectivity index (χ2n) is 7.11. The zero-order chi connectivity index (χ0) is 21.0. The maximum atomic E-state index is 5.26. The number of rotatable bonds is 6. The van der Waals surface area contributed by atoms with Crippen LogP contribution in [0.4, 0.5) is 5.82 Å². The SMILES string of the molecule is COc1ccc(-n2ncc3c(NC(c4ccccc4)c4ccccc4)ncnc32)cc1. The molecule has 0 aliphatic rings. The van der Waals surface area contributed by atoms with Crippen LogP contribution in [0.5, 0.6) is 5.75 Å². The molecular weight excluding hydrogens is 386 g/mol. The van der Waals surface area contributed by atoms with E-state index < -0.39 is 0 Å². The van der Waals surface area contributed by atoms with Gasteiger partial charge in [0.2, 0.25) is 0 Å². The number of benzene rings is 3. The molecule has 0 bridgehead atoms. The van der Waals surface area contributed by atoms with Gasteiger partial charge in [0.15, 0.2) is 5.65 Å². The molecule has 31 heavy (non-hydrogen) atoms. The summed E-state index contributed by atoms with van der Waals surface area (Å²) in [5.74, 6) is 1.54. The minimum atomic E-state index is -0.0511. The fourth-order valence-corrected chi connectivity index (χ4v) is 3.66. The van der Waals surface area contributed by atoms with Gasteiger partial charge in [0.1, 0.15) is 17.9 Å². The third-order valence-corrected chi connectivity index (χ3v) is 5.23. The summed E-state index contributed by atoms with van der Waals surface area (Å²) in [5, 5.41) is 9.04. The van der Waals surface area contributed by atoms with Crippen LogP contribution in [-0.2, 0) is 0 Å². The van der Waals surface area contributed by atoms with Gasteiger partial charge in [-0.25, -0.2) is 14.6 Å². The van der Waals surface area contributed by atoms with Crippen LogP contribution in [0.1, 0.15) is 17.2 Å². The average molecular weight is 407 g/mol. The van der Waals surface area contributed by atoms with Gasteiger partial charge in [-0.1, -0.05) is 60.7 Å². The molecule has 0 atom stereocenters. The molecule has 6 heteroatoms. The number of anilines is 1. The molecule has 6 nitrogen and oxygen atoms in total. The van der Waals surface area contributed by atoms with Crippen LogP contribution >= 0.6 is 0 Å². The van der Waals surface area contributed by atoms with E-state index in [1.54, 1.807) is 19.6 Å². The van der Waals surface area contributed by atoms with Crippen LogP contribution in [0.2, 0.25) is 0 Å². The van der Waals surface area contributed by atoms with Crippen molar-refractivity contribution in [2.75, 3.05) is 12.4 Å². The fraction of sp³-hybridized carbons (Fsp3) is 0.0800. The van der Waals surface area contributed by atoms with Gasteiger partial charge in [-0.15, -0.1) is 0 Å². The smallest absolute Gasteiger partial charge is 0.168 e. The number of hydrogen-bond acceptors (Lipinski definition) is 5. The second kappa shape index (κ2) is 8.28. The third kappa shape index (κ3) is 3.71. The molecule has 5 aromatic rings. The van der Waals surface area contributed by atoms with Crippen LogP contribution in [0.15, 0.2) is 97.5 Å². The average Bonchev–Trinajstić information content (AvgIpc) is 3.29. The Morgan fingerprint density at radius 3 is 2.06 bits per heavy atom. The molecule has 0 saturated carbocycles. The number of hydrogen-bond donors (Lipinski definition) is 1. The normalized spacial score (nSPS) is 11.0. The third-order valence-electron chi connectivity index (χ3n) is 5.23. The molecule has 0 fully saturated rings. The highest BCUT2D eigenvalue weighted by Gasteiger charge is 2.18. The lowest BCUT2D eigenvalue weighted by molar-refractivity contribution is 0.414. The van der Waals surface area contributed by atoms with Gasteiger partial charge in [-0.3, -0.25) is 0 Å². The van der Waals surface area contributed by atoms with Crippen molar-refractivity contribution in [2.45, 2.75) is 6.04 Å². The van der Waals surface area contributed by atoms with E-state index >= 15 is 0 Å². The molecule has 2 heterocycles. The highest BCUT2D eigenvalue weighted by Crippen LogP contribution is 2.29. The number of nitrogens with zero attached hydrogens (tertiary/aromatic N) is 4. The molecule has 2 aromatic heterocycles. The quantitative estimate of drug-likeness (QED) is 0.428. The first-order chi connectivity index (χ1) is 15.3. The summed E-state index contributed by atoms with van der Waals surface area (Å²) in [6, 6.07) is 28.4. The fourth-order valence-electron chi connectivity index (χ4n) is 3.66. The molecule has 3 aromatic carbocycles. The summed E-state index contributed by atoms with van der Waals surface area (Å²) >= 11 is 0. The van der Waals surface area contributed by atoms with Gasteiger partial charge in [-0.2, -0.15) is 5.10 Å². The Bertz CT molecular complexity index is 1240. The number of methoxy groups -OCH3 is 1. The largest absolute Gasteiger partial charge is 0.497 e. The van der Waals surface area contributed by atoms with E-state index in [0.717, 1.165) is 39.4 Å². The molecular formula is C25H21N5O. The zero-order valence-electron chi connectivity index (χ0n) is 17.0. The number of ether oxygens (including phenoxy) is 1. The summed E-state index contributed by atoms with van der Waals surface area (Å²) < 4.78 is 7.06. The van der Waals surface area contributed by atoms with Gasteiger partial charge in [0, 0.05) is 0 Å². The van der Waals surface area contributed by atoms with E-state index in [4.69, 9.17) is 4.74 Å². The predicted molar refractivity (Wildman–Crippen MR) is 122 cm³/mol. The standard InChI is InChI=1S/C25H21N5O/c1-31-21-14-12-20(13-15-21)30-25-22(16-28-30)24(26-17-27-25)29-23(18-8-4-2-5-9-18)19-10-6-3-7-11-19/h2-17,23H,1H3,(H,26,27,29). The maximum absolute atomic E-state index is 5.26. The lowest BCUT2D eigenvalue weighted by Crippen LogP contribution is -2.13. The zero-order valence-corrected chi connectivity index (χ0v) is 17.0. The van der Waals surface area contributed by atoms with Crippen LogP contribution in [0.25, 0.3) is 16.7 Å². The molecule has 152 valence electrons. The Kier molecular flexibility index (Phi) is 5.02. The predicted octanol–water partition coefficient (Wildman–Crippen LogP) is 5.03. The monoisotopic (exact) mass is 407 g/mol. The van der Waals surface area contributed by atoms with Crippen LogP contribution in [-0.4, -0.2) is 26.9 Å². The van der Waals surface area contributed by atoms with Crippen molar-refractivity contribution >= 4 is 16.9 Å². The highest BCUT2D eigenvalue weighted by molar-refractivity contribution is 5.87. The Morgan fingerprint density at radius 1 is 0.806 bits per heavy atom. The molecule has 0 radical (unpaired) electrons. The van der Waals surface area contributed by atoms with Crippen molar-refractivity contribution in [3.8, 4) is 11.4 Å². The first-order valence-corrected chi connectivity index (χ1v) is 10.0. The van der Waals surface area contributed by atoms with E-state index in [1.165, 1.54) is 0 Å². The van der Waals surface area contributed by atoms with E-state index in [2.05, 4.69) is 44.6 Å².